The summed E-state index contributed by atoms with van der Waals surface area (Å²) in [5.74, 6) is 3.66. The van der Waals surface area contributed by atoms with Crippen molar-refractivity contribution in [1.29, 1.82) is 0 Å². The molecule has 1 aliphatic rings. The lowest BCUT2D eigenvalue weighted by molar-refractivity contribution is -0.215. The molecule has 1 aliphatic heterocycles. The summed E-state index contributed by atoms with van der Waals surface area (Å²) in [4.78, 5) is 0. The van der Waals surface area contributed by atoms with Crippen LogP contribution in [0.5, 0.6) is 28.7 Å². The lowest BCUT2D eigenvalue weighted by Crippen LogP contribution is -2.34. The third-order valence-corrected chi connectivity index (χ3v) is 6.70. The lowest BCUT2D eigenvalue weighted by Gasteiger charge is -2.36. The second-order valence-corrected chi connectivity index (χ2v) is 8.91. The van der Waals surface area contributed by atoms with Crippen molar-refractivity contribution in [3.05, 3.63) is 89.5 Å². The Morgan fingerprint density at radius 1 is 0.692 bits per heavy atom. The fourth-order valence-electron chi connectivity index (χ4n) is 4.75. The van der Waals surface area contributed by atoms with Crippen molar-refractivity contribution in [2.24, 2.45) is 5.92 Å². The molecule has 0 aromatic heterocycles. The molecule has 3 atom stereocenters. The third-order valence-electron chi connectivity index (χ3n) is 6.70. The topological polar surface area (TPSA) is 64.6 Å². The van der Waals surface area contributed by atoms with Gasteiger partial charge in [-0.05, 0) is 42.8 Å². The van der Waals surface area contributed by atoms with E-state index in [1.807, 2.05) is 78.9 Å². The molecule has 39 heavy (non-hydrogen) atoms. The zero-order valence-corrected chi connectivity index (χ0v) is 23.1. The summed E-state index contributed by atoms with van der Waals surface area (Å²) < 4.78 is 40.8. The van der Waals surface area contributed by atoms with Gasteiger partial charge in [0.2, 0.25) is 0 Å². The van der Waals surface area contributed by atoms with Crippen LogP contribution in [0.15, 0.2) is 72.8 Å². The highest BCUT2D eigenvalue weighted by Gasteiger charge is 2.35. The van der Waals surface area contributed by atoms with Gasteiger partial charge in [0.15, 0.2) is 6.29 Å². The minimum Gasteiger partial charge on any atom is -0.496 e. The van der Waals surface area contributed by atoms with Crippen molar-refractivity contribution in [3.8, 4) is 28.7 Å². The SMILES string of the molecule is COc1ccccc1/C=C/[C@@H]1OC[C@@H](C/C=C/c2c(OC)cccc2OC)[C@H](c2c(OC)cccc2OC)O1. The van der Waals surface area contributed by atoms with Crippen LogP contribution in [0.1, 0.15) is 29.2 Å². The van der Waals surface area contributed by atoms with Crippen LogP contribution in [-0.4, -0.2) is 48.4 Å². The van der Waals surface area contributed by atoms with Crippen LogP contribution in [0.2, 0.25) is 0 Å². The predicted octanol–water partition coefficient (Wildman–Crippen LogP) is 6.58. The van der Waals surface area contributed by atoms with Crippen molar-refractivity contribution in [2.75, 3.05) is 42.2 Å². The molecule has 0 amide bonds. The van der Waals surface area contributed by atoms with Crippen molar-refractivity contribution in [3.63, 3.8) is 0 Å². The van der Waals surface area contributed by atoms with E-state index < -0.39 is 6.29 Å². The molecule has 1 saturated heterocycles. The zero-order valence-electron chi connectivity index (χ0n) is 23.1. The maximum atomic E-state index is 6.56. The molecule has 0 saturated carbocycles. The zero-order chi connectivity index (χ0) is 27.6. The van der Waals surface area contributed by atoms with Crippen LogP contribution in [0.4, 0.5) is 0 Å². The molecule has 0 aliphatic carbocycles. The molecule has 1 fully saturated rings. The highest BCUT2D eigenvalue weighted by atomic mass is 16.7. The van der Waals surface area contributed by atoms with Gasteiger partial charge in [0, 0.05) is 11.5 Å². The van der Waals surface area contributed by atoms with E-state index in [0.717, 1.165) is 33.9 Å². The molecule has 4 rings (SSSR count). The van der Waals surface area contributed by atoms with E-state index in [4.69, 9.17) is 33.2 Å². The van der Waals surface area contributed by atoms with E-state index >= 15 is 0 Å². The Balaban J connectivity index is 1.63. The van der Waals surface area contributed by atoms with Crippen molar-refractivity contribution in [1.82, 2.24) is 0 Å². The molecule has 206 valence electrons. The molecule has 3 aromatic carbocycles. The largest absolute Gasteiger partial charge is 0.496 e. The van der Waals surface area contributed by atoms with Gasteiger partial charge in [-0.2, -0.15) is 0 Å². The fraction of sp³-hybridized carbons (Fsp3) is 0.312. The molecule has 1 heterocycles. The van der Waals surface area contributed by atoms with Crippen molar-refractivity contribution < 1.29 is 33.2 Å². The van der Waals surface area contributed by atoms with Crippen LogP contribution in [0.25, 0.3) is 12.2 Å². The van der Waals surface area contributed by atoms with Gasteiger partial charge < -0.3 is 33.2 Å². The first-order valence-electron chi connectivity index (χ1n) is 12.8. The van der Waals surface area contributed by atoms with Gasteiger partial charge in [0.1, 0.15) is 28.7 Å². The van der Waals surface area contributed by atoms with Gasteiger partial charge in [0.25, 0.3) is 0 Å². The quantitative estimate of drug-likeness (QED) is 0.276. The second-order valence-electron chi connectivity index (χ2n) is 8.91. The second kappa shape index (κ2) is 13.7. The van der Waals surface area contributed by atoms with Crippen LogP contribution < -0.4 is 23.7 Å². The van der Waals surface area contributed by atoms with Crippen molar-refractivity contribution >= 4 is 12.2 Å². The number of para-hydroxylation sites is 1. The first-order chi connectivity index (χ1) is 19.1. The molecule has 3 aromatic rings. The lowest BCUT2D eigenvalue weighted by atomic mass is 9.90. The fourth-order valence-corrected chi connectivity index (χ4v) is 4.75. The summed E-state index contributed by atoms with van der Waals surface area (Å²) in [6, 6.07) is 19.3. The number of hydrogen-bond donors (Lipinski definition) is 0. The molecule has 0 radical (unpaired) electrons. The summed E-state index contributed by atoms with van der Waals surface area (Å²) in [5.41, 5.74) is 2.67. The first-order valence-corrected chi connectivity index (χ1v) is 12.8. The van der Waals surface area contributed by atoms with Crippen molar-refractivity contribution in [2.45, 2.75) is 18.8 Å². The highest BCUT2D eigenvalue weighted by Crippen LogP contribution is 2.44. The smallest absolute Gasteiger partial charge is 0.177 e. The van der Waals surface area contributed by atoms with Crippen LogP contribution in [0, 0.1) is 5.92 Å². The normalized spacial score (nSPS) is 19.3. The summed E-state index contributed by atoms with van der Waals surface area (Å²) in [6.07, 6.45) is 7.73. The van der Waals surface area contributed by atoms with E-state index in [1.54, 1.807) is 35.5 Å². The Bertz CT molecular complexity index is 1240. The Kier molecular flexibility index (Phi) is 9.89. The molecule has 7 nitrogen and oxygen atoms in total. The maximum Gasteiger partial charge on any atom is 0.177 e. The van der Waals surface area contributed by atoms with Crippen LogP contribution in [-0.2, 0) is 9.47 Å². The number of benzene rings is 3. The molecular formula is C32H36O7. The average molecular weight is 533 g/mol. The molecule has 0 spiro atoms. The van der Waals surface area contributed by atoms with Gasteiger partial charge in [-0.25, -0.2) is 0 Å². The van der Waals surface area contributed by atoms with Gasteiger partial charge in [-0.1, -0.05) is 48.6 Å². The molecule has 0 unspecified atom stereocenters. The monoisotopic (exact) mass is 532 g/mol. The summed E-state index contributed by atoms with van der Waals surface area (Å²) in [5, 5.41) is 0. The van der Waals surface area contributed by atoms with Gasteiger partial charge >= 0.3 is 0 Å². The molecule has 0 bridgehead atoms. The number of ether oxygens (including phenoxy) is 7. The minimum absolute atomic E-state index is 0.0111. The van der Waals surface area contributed by atoms with Crippen LogP contribution >= 0.6 is 0 Å². The van der Waals surface area contributed by atoms with E-state index in [2.05, 4.69) is 6.08 Å². The van der Waals surface area contributed by atoms with E-state index in [0.29, 0.717) is 24.5 Å². The number of hydrogen-bond acceptors (Lipinski definition) is 7. The van der Waals surface area contributed by atoms with E-state index in [9.17, 15) is 0 Å². The first kappa shape index (κ1) is 28.1. The van der Waals surface area contributed by atoms with E-state index in [1.165, 1.54) is 0 Å². The molecular weight excluding hydrogens is 496 g/mol. The number of rotatable bonds is 11. The summed E-state index contributed by atoms with van der Waals surface area (Å²) >= 11 is 0. The Labute approximate surface area is 230 Å². The Morgan fingerprint density at radius 3 is 1.87 bits per heavy atom. The Morgan fingerprint density at radius 2 is 1.26 bits per heavy atom. The summed E-state index contributed by atoms with van der Waals surface area (Å²) in [7, 11) is 8.26. The van der Waals surface area contributed by atoms with Gasteiger partial charge in [0.05, 0.1) is 59.4 Å². The van der Waals surface area contributed by atoms with Gasteiger partial charge in [-0.15, -0.1) is 0 Å². The standard InChI is InChI=1S/C32H36O7/c1-33-25-14-7-6-11-22(25)19-20-30-38-21-23(12-8-13-24-26(34-2)15-9-16-27(24)35-3)32(39-30)31-28(36-4)17-10-18-29(31)37-5/h6-11,13-20,23,30,32H,12,21H2,1-5H3/b13-8+,20-19+/t23-,30-,32-/m1/s1. The van der Waals surface area contributed by atoms with Gasteiger partial charge in [-0.3, -0.25) is 0 Å². The minimum atomic E-state index is -0.566. The predicted molar refractivity (Wildman–Crippen MR) is 152 cm³/mol. The average Bonchev–Trinajstić information content (AvgIpc) is 2.99. The molecule has 0 N–H and O–H groups in total. The van der Waals surface area contributed by atoms with E-state index in [-0.39, 0.29) is 12.0 Å². The molecule has 7 heteroatoms. The number of allylic oxidation sites excluding steroid dienone is 1. The number of methoxy groups -OCH3 is 5. The maximum absolute atomic E-state index is 6.56. The van der Waals surface area contributed by atoms with Crippen LogP contribution in [0.3, 0.4) is 0 Å². The Hall–Kier alpha value is -3.94. The summed E-state index contributed by atoms with van der Waals surface area (Å²) in [6.45, 7) is 0.472. The third kappa shape index (κ3) is 6.56. The highest BCUT2D eigenvalue weighted by molar-refractivity contribution is 5.64.